The van der Waals surface area contributed by atoms with Crippen LogP contribution in [0.25, 0.3) is 11.1 Å². The van der Waals surface area contributed by atoms with Gasteiger partial charge in [-0.05, 0) is 76.0 Å². The Balaban J connectivity index is 0.000000232. The van der Waals surface area contributed by atoms with Crippen molar-refractivity contribution in [1.29, 1.82) is 0 Å². The van der Waals surface area contributed by atoms with E-state index in [0.29, 0.717) is 45.1 Å². The zero-order valence-corrected chi connectivity index (χ0v) is 30.1. The molecule has 2 aliphatic heterocycles. The predicted octanol–water partition coefficient (Wildman–Crippen LogP) is 10.3. The first-order chi connectivity index (χ1) is 24.3. The zero-order chi connectivity index (χ0) is 38.7. The monoisotopic (exact) mass is 793 g/mol. The van der Waals surface area contributed by atoms with Crippen LogP contribution >= 0.6 is 0 Å². The maximum Gasteiger partial charge on any atom is 2.00 e. The third-order valence-electron chi connectivity index (χ3n) is 8.22. The van der Waals surface area contributed by atoms with Crippen LogP contribution in [0.5, 0.6) is 0 Å². The first-order valence-corrected chi connectivity index (χ1v) is 15.5. The Morgan fingerprint density at radius 2 is 0.698 bits per heavy atom. The van der Waals surface area contributed by atoms with Gasteiger partial charge >= 0.3 is 17.1 Å². The maximum atomic E-state index is 14.5. The minimum Gasteiger partial charge on any atom is -0.661 e. The summed E-state index contributed by atoms with van der Waals surface area (Å²) >= 11 is 0. The number of rotatable bonds is 4. The molecule has 0 N–H and O–H groups in total. The van der Waals surface area contributed by atoms with Crippen molar-refractivity contribution < 1.29 is 61.0 Å². The van der Waals surface area contributed by atoms with Crippen LogP contribution in [-0.4, -0.2) is 11.4 Å². The van der Waals surface area contributed by atoms with Crippen LogP contribution < -0.4 is 9.97 Å². The van der Waals surface area contributed by atoms with Crippen LogP contribution in [0, 0.1) is 85.9 Å². The van der Waals surface area contributed by atoms with Gasteiger partial charge < -0.3 is 9.97 Å². The van der Waals surface area contributed by atoms with Crippen LogP contribution in [0.1, 0.15) is 72.7 Å². The van der Waals surface area contributed by atoms with E-state index in [9.17, 15) is 43.9 Å². The first-order valence-electron chi connectivity index (χ1n) is 15.5. The van der Waals surface area contributed by atoms with Gasteiger partial charge in [0.2, 0.25) is 11.6 Å². The Bertz CT molecular complexity index is 2160. The van der Waals surface area contributed by atoms with Gasteiger partial charge in [-0.3, -0.25) is 9.98 Å². The number of hydrogen-bond acceptors (Lipinski definition) is 2. The summed E-state index contributed by atoms with van der Waals surface area (Å²) in [6.45, 7) is 13.3. The van der Waals surface area contributed by atoms with Crippen LogP contribution in [0.2, 0.25) is 0 Å². The summed E-state index contributed by atoms with van der Waals surface area (Å²) in [6, 6.07) is 3.32. The molecule has 2 aromatic carbocycles. The molecular weight excluding hydrogens is 766 g/mol. The van der Waals surface area contributed by atoms with E-state index in [4.69, 9.17) is 0 Å². The van der Waals surface area contributed by atoms with E-state index in [1.165, 1.54) is 0 Å². The molecule has 0 fully saturated rings. The minimum atomic E-state index is -2.20. The number of nitrogens with zero attached hydrogens (tertiary/aromatic N) is 4. The summed E-state index contributed by atoms with van der Waals surface area (Å²) in [5, 5.41) is 0. The van der Waals surface area contributed by atoms with Crippen LogP contribution in [0.4, 0.5) is 43.9 Å². The van der Waals surface area contributed by atoms with Crippen molar-refractivity contribution in [3.8, 4) is 0 Å². The second-order valence-electron chi connectivity index (χ2n) is 12.4. The molecule has 2 aliphatic rings. The molecule has 4 nitrogen and oxygen atoms in total. The first kappa shape index (κ1) is 40.9. The molecule has 0 saturated carbocycles. The van der Waals surface area contributed by atoms with Gasteiger partial charge in [0.1, 0.15) is 0 Å². The molecule has 0 saturated heterocycles. The van der Waals surface area contributed by atoms with Crippen molar-refractivity contribution in [3.05, 3.63) is 150 Å². The van der Waals surface area contributed by atoms with Crippen LogP contribution in [-0.2, 0) is 17.1 Å². The number of benzene rings is 2. The fourth-order valence-corrected chi connectivity index (χ4v) is 6.07. The van der Waals surface area contributed by atoms with E-state index >= 15 is 0 Å². The van der Waals surface area contributed by atoms with Gasteiger partial charge in [0.15, 0.2) is 46.5 Å². The molecule has 281 valence electrons. The van der Waals surface area contributed by atoms with E-state index in [0.717, 1.165) is 0 Å². The van der Waals surface area contributed by atoms with Crippen molar-refractivity contribution in [2.24, 2.45) is 9.98 Å². The molecule has 6 rings (SSSR count). The number of aryl methyl sites for hydroxylation is 4. The van der Waals surface area contributed by atoms with E-state index in [2.05, 4.69) is 20.0 Å². The number of aromatic nitrogens is 2. The summed E-state index contributed by atoms with van der Waals surface area (Å²) in [5.74, 6) is -20.0. The molecule has 0 aliphatic carbocycles. The van der Waals surface area contributed by atoms with Gasteiger partial charge in [-0.15, -0.1) is 11.4 Å². The third kappa shape index (κ3) is 7.24. The van der Waals surface area contributed by atoms with E-state index < -0.39 is 69.3 Å². The Morgan fingerprint density at radius 3 is 0.906 bits per heavy atom. The standard InChI is InChI=1S/2C19H14F5N2.Cu/c2*1-7-5-9(3)25-18(7)12(19-8(2)6-10(4)26-19)11-13(20)15(22)17(24)16(23)14(11)21;/h2*5-6H,1-4H3;/q2*-1;+2/b2*18-12-;. The number of hydrogen-bond donors (Lipinski definition) is 0. The summed E-state index contributed by atoms with van der Waals surface area (Å²) < 4.78 is 140. The molecule has 0 amide bonds. The van der Waals surface area contributed by atoms with Crippen molar-refractivity contribution in [2.45, 2.75) is 55.4 Å². The minimum absolute atomic E-state index is 0. The van der Waals surface area contributed by atoms with Gasteiger partial charge in [0.25, 0.3) is 0 Å². The fraction of sp³-hybridized carbons (Fsp3) is 0.211. The SMILES string of the molecule is CC1=CC(C)=N/C1=C(\c1[n-]c(C)cc1C)c1c(F)c(F)c(F)c(F)c1F.CC1=CC(C)=N/C1=C(\c1[n-]c(C)cc1C)c1c(F)c(F)c(F)c(F)c1F.[Cu+2]. The van der Waals surface area contributed by atoms with Crippen LogP contribution in [0.15, 0.2) is 56.8 Å². The normalized spacial score (nSPS) is 15.7. The molecule has 4 aromatic rings. The number of allylic oxidation sites excluding steroid dienone is 4. The largest absolute Gasteiger partial charge is 2.00 e. The molecule has 0 spiro atoms. The number of halogens is 10. The molecule has 15 heteroatoms. The van der Waals surface area contributed by atoms with E-state index in [-0.39, 0.29) is 51.0 Å². The Kier molecular flexibility index (Phi) is 11.7. The van der Waals surface area contributed by atoms with Gasteiger partial charge in [-0.1, -0.05) is 37.1 Å². The van der Waals surface area contributed by atoms with E-state index in [1.54, 1.807) is 79.7 Å². The third-order valence-corrected chi connectivity index (χ3v) is 8.22. The van der Waals surface area contributed by atoms with Crippen molar-refractivity contribution in [3.63, 3.8) is 0 Å². The molecule has 0 bridgehead atoms. The second kappa shape index (κ2) is 15.2. The predicted molar refractivity (Wildman–Crippen MR) is 177 cm³/mol. The fourth-order valence-electron chi connectivity index (χ4n) is 6.07. The van der Waals surface area contributed by atoms with E-state index in [1.807, 2.05) is 0 Å². The average molecular weight is 794 g/mol. The van der Waals surface area contributed by atoms with Crippen molar-refractivity contribution in [1.82, 2.24) is 9.97 Å². The molecule has 4 heterocycles. The molecular formula is C38H28CuF10N4. The average Bonchev–Trinajstić information content (AvgIpc) is 3.81. The smallest absolute Gasteiger partial charge is 0.661 e. The Hall–Kier alpha value is -4.88. The summed E-state index contributed by atoms with van der Waals surface area (Å²) in [5.41, 5.74) is 2.44. The zero-order valence-electron chi connectivity index (χ0n) is 29.2. The van der Waals surface area contributed by atoms with Gasteiger partial charge in [0, 0.05) is 11.4 Å². The molecule has 0 atom stereocenters. The number of aliphatic imine (C=N–C) groups is 2. The molecule has 2 aromatic heterocycles. The second-order valence-corrected chi connectivity index (χ2v) is 12.4. The van der Waals surface area contributed by atoms with Crippen molar-refractivity contribution in [2.75, 3.05) is 0 Å². The summed E-state index contributed by atoms with van der Waals surface area (Å²) in [4.78, 5) is 16.9. The molecule has 53 heavy (non-hydrogen) atoms. The van der Waals surface area contributed by atoms with Crippen molar-refractivity contribution >= 4 is 22.6 Å². The van der Waals surface area contributed by atoms with Gasteiger partial charge in [0.05, 0.1) is 22.5 Å². The Labute approximate surface area is 308 Å². The van der Waals surface area contributed by atoms with Crippen LogP contribution in [0.3, 0.4) is 0 Å². The Morgan fingerprint density at radius 1 is 0.434 bits per heavy atom. The molecule has 1 radical (unpaired) electrons. The quantitative estimate of drug-likeness (QED) is 0.0895. The topological polar surface area (TPSA) is 52.9 Å². The summed E-state index contributed by atoms with van der Waals surface area (Å²) in [7, 11) is 0. The van der Waals surface area contributed by atoms with Gasteiger partial charge in [-0.25, -0.2) is 43.9 Å². The summed E-state index contributed by atoms with van der Waals surface area (Å²) in [6.07, 6.45) is 3.32. The van der Waals surface area contributed by atoms with Gasteiger partial charge in [-0.2, -0.15) is 11.4 Å². The maximum absolute atomic E-state index is 14.5. The molecule has 0 unspecified atom stereocenters.